The van der Waals surface area contributed by atoms with E-state index in [1.165, 1.54) is 0 Å². The van der Waals surface area contributed by atoms with Crippen molar-refractivity contribution in [2.75, 3.05) is 0 Å². The quantitative estimate of drug-likeness (QED) is 0.816. The molecule has 0 aliphatic heterocycles. The van der Waals surface area contributed by atoms with E-state index in [2.05, 4.69) is 28.0 Å². The first kappa shape index (κ1) is 14.4. The highest BCUT2D eigenvalue weighted by Gasteiger charge is 2.13. The van der Waals surface area contributed by atoms with Gasteiger partial charge in [-0.1, -0.05) is 17.7 Å². The van der Waals surface area contributed by atoms with Gasteiger partial charge in [-0.05, 0) is 54.4 Å². The summed E-state index contributed by atoms with van der Waals surface area (Å²) in [6.07, 6.45) is 0. The first-order chi connectivity index (χ1) is 9.02. The van der Waals surface area contributed by atoms with Crippen LogP contribution in [-0.4, -0.2) is 9.78 Å². The fourth-order valence-electron chi connectivity index (χ4n) is 1.88. The van der Waals surface area contributed by atoms with Gasteiger partial charge in [0.1, 0.15) is 12.4 Å². The van der Waals surface area contributed by atoms with E-state index in [1.54, 1.807) is 0 Å². The van der Waals surface area contributed by atoms with Crippen LogP contribution in [0.5, 0.6) is 5.75 Å². The molecule has 19 heavy (non-hydrogen) atoms. The van der Waals surface area contributed by atoms with Crippen LogP contribution in [-0.2, 0) is 13.2 Å². The van der Waals surface area contributed by atoms with Gasteiger partial charge in [-0.2, -0.15) is 5.10 Å². The molecule has 0 aliphatic carbocycles. The van der Waals surface area contributed by atoms with Gasteiger partial charge in [0.25, 0.3) is 0 Å². The summed E-state index contributed by atoms with van der Waals surface area (Å²) in [5.74, 6) is 0.695. The Morgan fingerprint density at radius 1 is 1.37 bits per heavy atom. The molecule has 5 heteroatoms. The highest BCUT2D eigenvalue weighted by Crippen LogP contribution is 2.28. The van der Waals surface area contributed by atoms with E-state index in [1.807, 2.05) is 36.7 Å². The van der Waals surface area contributed by atoms with Crippen molar-refractivity contribution in [1.82, 2.24) is 9.78 Å². The molecule has 0 aliphatic rings. The maximum absolute atomic E-state index is 6.16. The molecule has 1 aromatic carbocycles. The van der Waals surface area contributed by atoms with E-state index in [4.69, 9.17) is 16.3 Å². The molecule has 1 aromatic heterocycles. The Balaban J connectivity index is 2.18. The summed E-state index contributed by atoms with van der Waals surface area (Å²) in [7, 11) is 0. The lowest BCUT2D eigenvalue weighted by Crippen LogP contribution is -2.06. The first-order valence-electron chi connectivity index (χ1n) is 6.13. The van der Waals surface area contributed by atoms with Crippen LogP contribution < -0.4 is 4.74 Å². The number of ether oxygens (including phenoxy) is 1. The van der Waals surface area contributed by atoms with Gasteiger partial charge in [0.15, 0.2) is 0 Å². The molecule has 102 valence electrons. The van der Waals surface area contributed by atoms with Crippen LogP contribution in [0.4, 0.5) is 0 Å². The average molecular weight is 344 g/mol. The third-order valence-electron chi connectivity index (χ3n) is 2.90. The molecular weight excluding hydrogens is 328 g/mol. The van der Waals surface area contributed by atoms with Crippen LogP contribution in [0.1, 0.15) is 23.9 Å². The van der Waals surface area contributed by atoms with Crippen molar-refractivity contribution < 1.29 is 4.74 Å². The van der Waals surface area contributed by atoms with Gasteiger partial charge in [-0.15, -0.1) is 0 Å². The summed E-state index contributed by atoms with van der Waals surface area (Å²) in [5.41, 5.74) is 3.11. The van der Waals surface area contributed by atoms with Crippen molar-refractivity contribution in [2.24, 2.45) is 0 Å². The summed E-state index contributed by atoms with van der Waals surface area (Å²) in [5, 5.41) is 5.07. The largest absolute Gasteiger partial charge is 0.486 e. The molecular formula is C14H16BrClN2O. The SMILES string of the molecule is CCn1nc(C)c(Br)c1COc1ccc(C)cc1Cl. The number of aryl methyl sites for hydroxylation is 3. The Bertz CT molecular complexity index is 595. The second-order valence-electron chi connectivity index (χ2n) is 4.38. The highest BCUT2D eigenvalue weighted by molar-refractivity contribution is 9.10. The van der Waals surface area contributed by atoms with E-state index in [0.717, 1.165) is 28.0 Å². The second-order valence-corrected chi connectivity index (χ2v) is 5.58. The Morgan fingerprint density at radius 2 is 2.11 bits per heavy atom. The predicted molar refractivity (Wildman–Crippen MR) is 80.9 cm³/mol. The number of halogens is 2. The summed E-state index contributed by atoms with van der Waals surface area (Å²) >= 11 is 9.70. The molecule has 0 saturated heterocycles. The summed E-state index contributed by atoms with van der Waals surface area (Å²) in [6, 6.07) is 5.78. The number of benzene rings is 1. The molecule has 0 atom stereocenters. The zero-order valence-corrected chi connectivity index (χ0v) is 13.5. The molecule has 0 N–H and O–H groups in total. The lowest BCUT2D eigenvalue weighted by atomic mass is 10.2. The molecule has 0 spiro atoms. The van der Waals surface area contributed by atoms with Crippen LogP contribution in [0.3, 0.4) is 0 Å². The molecule has 0 amide bonds. The maximum atomic E-state index is 6.16. The summed E-state index contributed by atoms with van der Waals surface area (Å²) in [6.45, 7) is 7.28. The highest BCUT2D eigenvalue weighted by atomic mass is 79.9. The van der Waals surface area contributed by atoms with Crippen molar-refractivity contribution in [3.63, 3.8) is 0 Å². The van der Waals surface area contributed by atoms with E-state index in [-0.39, 0.29) is 0 Å². The molecule has 0 radical (unpaired) electrons. The Morgan fingerprint density at radius 3 is 2.74 bits per heavy atom. The molecule has 0 saturated carbocycles. The van der Waals surface area contributed by atoms with Crippen LogP contribution >= 0.6 is 27.5 Å². The first-order valence-corrected chi connectivity index (χ1v) is 7.30. The van der Waals surface area contributed by atoms with Gasteiger partial charge in [0.2, 0.25) is 0 Å². The number of hydrogen-bond acceptors (Lipinski definition) is 2. The molecule has 2 aromatic rings. The van der Waals surface area contributed by atoms with Crippen LogP contribution in [0.25, 0.3) is 0 Å². The number of nitrogens with zero attached hydrogens (tertiary/aromatic N) is 2. The number of hydrogen-bond donors (Lipinski definition) is 0. The number of aromatic nitrogens is 2. The van der Waals surface area contributed by atoms with Crippen LogP contribution in [0.15, 0.2) is 22.7 Å². The second kappa shape index (κ2) is 5.97. The monoisotopic (exact) mass is 342 g/mol. The lowest BCUT2D eigenvalue weighted by molar-refractivity contribution is 0.292. The van der Waals surface area contributed by atoms with E-state index >= 15 is 0 Å². The van der Waals surface area contributed by atoms with Gasteiger partial charge in [-0.3, -0.25) is 4.68 Å². The number of rotatable bonds is 4. The molecule has 0 bridgehead atoms. The Kier molecular flexibility index (Phi) is 4.53. The van der Waals surface area contributed by atoms with Crippen molar-refractivity contribution in [3.05, 3.63) is 44.6 Å². The van der Waals surface area contributed by atoms with E-state index in [0.29, 0.717) is 17.4 Å². The van der Waals surface area contributed by atoms with Crippen LogP contribution in [0.2, 0.25) is 5.02 Å². The van der Waals surface area contributed by atoms with E-state index in [9.17, 15) is 0 Å². The fourth-order valence-corrected chi connectivity index (χ4v) is 2.56. The zero-order valence-electron chi connectivity index (χ0n) is 11.2. The topological polar surface area (TPSA) is 27.1 Å². The molecule has 2 rings (SSSR count). The molecule has 1 heterocycles. The third-order valence-corrected chi connectivity index (χ3v) is 4.23. The standard InChI is InChI=1S/C14H16BrClN2O/c1-4-18-12(14(15)10(3)17-18)8-19-13-6-5-9(2)7-11(13)16/h5-7H,4,8H2,1-3H3. The summed E-state index contributed by atoms with van der Waals surface area (Å²) < 4.78 is 8.72. The minimum atomic E-state index is 0.443. The Hall–Kier alpha value is -1.00. The van der Waals surface area contributed by atoms with Gasteiger partial charge < -0.3 is 4.74 Å². The predicted octanol–water partition coefficient (Wildman–Crippen LogP) is 4.51. The third kappa shape index (κ3) is 3.12. The van der Waals surface area contributed by atoms with Gasteiger partial charge in [-0.25, -0.2) is 0 Å². The lowest BCUT2D eigenvalue weighted by Gasteiger charge is -2.10. The van der Waals surface area contributed by atoms with E-state index < -0.39 is 0 Å². The smallest absolute Gasteiger partial charge is 0.138 e. The van der Waals surface area contributed by atoms with Gasteiger partial charge >= 0.3 is 0 Å². The van der Waals surface area contributed by atoms with Crippen molar-refractivity contribution >= 4 is 27.5 Å². The Labute approximate surface area is 126 Å². The minimum absolute atomic E-state index is 0.443. The van der Waals surface area contributed by atoms with Crippen molar-refractivity contribution in [1.29, 1.82) is 0 Å². The molecule has 3 nitrogen and oxygen atoms in total. The normalized spacial score (nSPS) is 10.8. The van der Waals surface area contributed by atoms with Crippen LogP contribution in [0, 0.1) is 13.8 Å². The fraction of sp³-hybridized carbons (Fsp3) is 0.357. The maximum Gasteiger partial charge on any atom is 0.138 e. The van der Waals surface area contributed by atoms with Crippen molar-refractivity contribution in [2.45, 2.75) is 33.9 Å². The zero-order chi connectivity index (χ0) is 14.0. The van der Waals surface area contributed by atoms with Gasteiger partial charge in [0, 0.05) is 6.54 Å². The van der Waals surface area contributed by atoms with Gasteiger partial charge in [0.05, 0.1) is 20.9 Å². The summed E-state index contributed by atoms with van der Waals surface area (Å²) in [4.78, 5) is 0. The molecule has 0 fully saturated rings. The average Bonchev–Trinajstić information content (AvgIpc) is 2.65. The van der Waals surface area contributed by atoms with Crippen molar-refractivity contribution in [3.8, 4) is 5.75 Å². The minimum Gasteiger partial charge on any atom is -0.486 e. The molecule has 0 unspecified atom stereocenters.